The van der Waals surface area contributed by atoms with E-state index < -0.39 is 0 Å². The van der Waals surface area contributed by atoms with Gasteiger partial charge in [-0.25, -0.2) is 0 Å². The summed E-state index contributed by atoms with van der Waals surface area (Å²) < 4.78 is 2.28. The maximum absolute atomic E-state index is 13.3. The largest absolute Gasteiger partial charge is 0.355 e. The van der Waals surface area contributed by atoms with Gasteiger partial charge in [-0.05, 0) is 44.9 Å². The van der Waals surface area contributed by atoms with Crippen molar-refractivity contribution in [2.75, 3.05) is 37.6 Å². The van der Waals surface area contributed by atoms with E-state index in [4.69, 9.17) is 12.2 Å². The van der Waals surface area contributed by atoms with Crippen LogP contribution < -0.4 is 10.5 Å². The van der Waals surface area contributed by atoms with Crippen molar-refractivity contribution in [3.05, 3.63) is 31.9 Å². The predicted molar refractivity (Wildman–Crippen MR) is 140 cm³/mol. The zero-order valence-electron chi connectivity index (χ0n) is 20.2. The van der Waals surface area contributed by atoms with Gasteiger partial charge in [0.2, 0.25) is 0 Å². The minimum atomic E-state index is -0.255. The molecule has 0 aliphatic carbocycles. The number of thioether (sulfide) groups is 1. The SMILES string of the molecule is CCCn1c(N2CCN(CC)CC2)c(/C=C2\SC(=S)N(C(C)CC)C2=O)c(C)c(C#N)c1=O. The summed E-state index contributed by atoms with van der Waals surface area (Å²) in [6.45, 7) is 14.9. The van der Waals surface area contributed by atoms with Crippen LogP contribution in [0.1, 0.15) is 57.2 Å². The number of thiocarbonyl (C=S) groups is 1. The molecular weight excluding hydrogens is 454 g/mol. The third kappa shape index (κ3) is 4.88. The molecule has 1 atom stereocenters. The third-order valence-corrected chi connectivity index (χ3v) is 7.87. The van der Waals surface area contributed by atoms with E-state index in [0.29, 0.717) is 21.3 Å². The van der Waals surface area contributed by atoms with Crippen LogP contribution in [0.4, 0.5) is 5.82 Å². The van der Waals surface area contributed by atoms with Gasteiger partial charge in [-0.15, -0.1) is 0 Å². The fourth-order valence-electron chi connectivity index (χ4n) is 4.37. The zero-order chi connectivity index (χ0) is 24.3. The maximum atomic E-state index is 13.3. The molecule has 0 spiro atoms. The van der Waals surface area contributed by atoms with Crippen LogP contribution in [0.3, 0.4) is 0 Å². The van der Waals surface area contributed by atoms with Crippen molar-refractivity contribution in [1.82, 2.24) is 14.4 Å². The van der Waals surface area contributed by atoms with Crippen LogP contribution >= 0.6 is 24.0 Å². The molecule has 3 heterocycles. The summed E-state index contributed by atoms with van der Waals surface area (Å²) in [5.74, 6) is 0.704. The van der Waals surface area contributed by atoms with E-state index >= 15 is 0 Å². The van der Waals surface area contributed by atoms with Crippen LogP contribution in [-0.4, -0.2) is 63.4 Å². The van der Waals surface area contributed by atoms with Crippen LogP contribution in [0.2, 0.25) is 0 Å². The van der Waals surface area contributed by atoms with Crippen LogP contribution in [-0.2, 0) is 11.3 Å². The van der Waals surface area contributed by atoms with Crippen molar-refractivity contribution >= 4 is 46.1 Å². The van der Waals surface area contributed by atoms with Crippen molar-refractivity contribution in [1.29, 1.82) is 5.26 Å². The quantitative estimate of drug-likeness (QED) is 0.430. The van der Waals surface area contributed by atoms with E-state index in [-0.39, 0.29) is 23.1 Å². The smallest absolute Gasteiger partial charge is 0.270 e. The third-order valence-electron chi connectivity index (χ3n) is 6.54. The summed E-state index contributed by atoms with van der Waals surface area (Å²) in [6.07, 6.45) is 3.43. The second-order valence-corrected chi connectivity index (χ2v) is 10.2. The first-order chi connectivity index (χ1) is 15.8. The highest BCUT2D eigenvalue weighted by molar-refractivity contribution is 8.26. The van der Waals surface area contributed by atoms with Crippen molar-refractivity contribution in [2.24, 2.45) is 0 Å². The Morgan fingerprint density at radius 1 is 1.18 bits per heavy atom. The summed E-state index contributed by atoms with van der Waals surface area (Å²) in [4.78, 5) is 33.3. The Balaban J connectivity index is 2.20. The second kappa shape index (κ2) is 10.9. The number of hydrogen-bond acceptors (Lipinski definition) is 7. The number of aromatic nitrogens is 1. The van der Waals surface area contributed by atoms with E-state index in [1.165, 1.54) is 11.8 Å². The molecule has 7 nitrogen and oxygen atoms in total. The summed E-state index contributed by atoms with van der Waals surface area (Å²) in [7, 11) is 0. The molecule has 0 saturated carbocycles. The molecule has 178 valence electrons. The minimum absolute atomic E-state index is 0.0230. The molecule has 3 rings (SSSR count). The molecule has 2 aliphatic rings. The molecule has 0 radical (unpaired) electrons. The first kappa shape index (κ1) is 25.5. The predicted octanol–water partition coefficient (Wildman–Crippen LogP) is 3.58. The van der Waals surface area contributed by atoms with E-state index in [0.717, 1.165) is 56.9 Å². The number of pyridine rings is 1. The average Bonchev–Trinajstić information content (AvgIpc) is 3.09. The van der Waals surface area contributed by atoms with Crippen LogP contribution in [0.25, 0.3) is 6.08 Å². The molecule has 1 unspecified atom stereocenters. The lowest BCUT2D eigenvalue weighted by Crippen LogP contribution is -2.48. The van der Waals surface area contributed by atoms with Gasteiger partial charge in [-0.3, -0.25) is 19.1 Å². The fourth-order valence-corrected chi connectivity index (χ4v) is 5.81. The van der Waals surface area contributed by atoms with Crippen LogP contribution in [0, 0.1) is 18.3 Å². The van der Waals surface area contributed by atoms with Crippen molar-refractivity contribution in [3.63, 3.8) is 0 Å². The fraction of sp³-hybridized carbons (Fsp3) is 0.583. The van der Waals surface area contributed by atoms with Crippen molar-refractivity contribution in [3.8, 4) is 6.07 Å². The zero-order valence-corrected chi connectivity index (χ0v) is 21.8. The first-order valence-corrected chi connectivity index (χ1v) is 12.9. The van der Waals surface area contributed by atoms with Crippen LogP contribution in [0.15, 0.2) is 9.70 Å². The number of likely N-dealkylation sites (N-methyl/N-ethyl adjacent to an activating group) is 1. The van der Waals surface area contributed by atoms with Crippen LogP contribution in [0.5, 0.6) is 0 Å². The van der Waals surface area contributed by atoms with Crippen molar-refractivity contribution < 1.29 is 4.79 Å². The highest BCUT2D eigenvalue weighted by Crippen LogP contribution is 2.37. The molecular formula is C24H33N5O2S2. The minimum Gasteiger partial charge on any atom is -0.355 e. The number of carbonyl (C=O) groups is 1. The maximum Gasteiger partial charge on any atom is 0.270 e. The summed E-state index contributed by atoms with van der Waals surface area (Å²) in [6, 6.07) is 2.14. The molecule has 1 aromatic heterocycles. The van der Waals surface area contributed by atoms with E-state index in [9.17, 15) is 14.9 Å². The Morgan fingerprint density at radius 2 is 1.85 bits per heavy atom. The average molecular weight is 488 g/mol. The van der Waals surface area contributed by atoms with Gasteiger partial charge >= 0.3 is 0 Å². The molecule has 0 aromatic carbocycles. The normalized spacial score (nSPS) is 19.5. The Labute approximate surface area is 206 Å². The number of piperazine rings is 1. The Morgan fingerprint density at radius 3 is 2.39 bits per heavy atom. The lowest BCUT2D eigenvalue weighted by Gasteiger charge is -2.37. The number of rotatable bonds is 7. The topological polar surface area (TPSA) is 72.6 Å². The molecule has 0 bridgehead atoms. The molecule has 2 fully saturated rings. The van der Waals surface area contributed by atoms with E-state index in [2.05, 4.69) is 22.8 Å². The molecule has 9 heteroatoms. The molecule has 1 amide bonds. The number of nitriles is 1. The molecule has 1 aromatic rings. The van der Waals surface area contributed by atoms with E-state index in [1.807, 2.05) is 33.8 Å². The van der Waals surface area contributed by atoms with Gasteiger partial charge in [0.1, 0.15) is 21.8 Å². The van der Waals surface area contributed by atoms with Gasteiger partial charge in [0, 0.05) is 44.3 Å². The lowest BCUT2D eigenvalue weighted by molar-refractivity contribution is -0.123. The molecule has 2 aliphatic heterocycles. The van der Waals surface area contributed by atoms with Gasteiger partial charge in [0.25, 0.3) is 11.5 Å². The van der Waals surface area contributed by atoms with Gasteiger partial charge in [0.15, 0.2) is 0 Å². The standard InChI is InChI=1S/C24H33N5O2S2/c1-6-9-28-21(27-12-10-26(8-3)11-13-27)18(17(5)19(15-25)22(28)30)14-20-23(31)29(16(4)7-2)24(32)33-20/h14,16H,6-13H2,1-5H3/b20-14-. The Bertz CT molecular complexity index is 1060. The van der Waals surface area contributed by atoms with Crippen molar-refractivity contribution in [2.45, 2.75) is 60.0 Å². The monoisotopic (exact) mass is 487 g/mol. The Kier molecular flexibility index (Phi) is 8.38. The van der Waals surface area contributed by atoms with Gasteiger partial charge in [-0.2, -0.15) is 5.26 Å². The number of nitrogens with zero attached hydrogens (tertiary/aromatic N) is 5. The number of carbonyl (C=O) groups excluding carboxylic acids is 1. The highest BCUT2D eigenvalue weighted by Gasteiger charge is 2.35. The summed E-state index contributed by atoms with van der Waals surface area (Å²) in [5.41, 5.74) is 1.28. The van der Waals surface area contributed by atoms with Gasteiger partial charge in [-0.1, -0.05) is 44.8 Å². The lowest BCUT2D eigenvalue weighted by atomic mass is 10.0. The van der Waals surface area contributed by atoms with Gasteiger partial charge < -0.3 is 9.80 Å². The molecule has 33 heavy (non-hydrogen) atoms. The summed E-state index contributed by atoms with van der Waals surface area (Å²) in [5, 5.41) is 9.78. The number of hydrogen-bond donors (Lipinski definition) is 0. The highest BCUT2D eigenvalue weighted by atomic mass is 32.2. The molecule has 2 saturated heterocycles. The second-order valence-electron chi connectivity index (χ2n) is 8.54. The molecule has 0 N–H and O–H groups in total. The van der Waals surface area contributed by atoms with Gasteiger partial charge in [0.05, 0.1) is 4.91 Å². The Hall–Kier alpha value is -2.15. The van der Waals surface area contributed by atoms with E-state index in [1.54, 1.807) is 9.47 Å². The summed E-state index contributed by atoms with van der Waals surface area (Å²) >= 11 is 6.81. The number of anilines is 1. The number of amides is 1. The first-order valence-electron chi connectivity index (χ1n) is 11.7.